The van der Waals surface area contributed by atoms with E-state index in [0.29, 0.717) is 5.33 Å². The van der Waals surface area contributed by atoms with Gasteiger partial charge in [-0.15, -0.1) is 0 Å². The molecule has 1 heterocycles. The first-order chi connectivity index (χ1) is 14.0. The Bertz CT molecular complexity index is 1150. The zero-order valence-corrected chi connectivity index (χ0v) is 20.6. The summed E-state index contributed by atoms with van der Waals surface area (Å²) in [6.07, 6.45) is 3.18. The van der Waals surface area contributed by atoms with Crippen LogP contribution in [0.3, 0.4) is 0 Å². The number of nitrogens with zero attached hydrogens (tertiary/aromatic N) is 1. The van der Waals surface area contributed by atoms with Crippen LogP contribution in [0.15, 0.2) is 70.5 Å². The van der Waals surface area contributed by atoms with Gasteiger partial charge in [-0.05, 0) is 50.1 Å². The second-order valence-corrected chi connectivity index (χ2v) is 12.5. The van der Waals surface area contributed by atoms with E-state index in [4.69, 9.17) is 0 Å². The van der Waals surface area contributed by atoms with Crippen LogP contribution in [0.5, 0.6) is 0 Å². The molecule has 1 saturated heterocycles. The van der Waals surface area contributed by atoms with Crippen LogP contribution in [0.25, 0.3) is 0 Å². The SMILES string of the molecule is Cc1ccc(S(=O)(=O)N2[C@@H](C(C)C)[C@@]2(/C=C/CBr)S(=O)(=O)c2ccc(C)cc2)cc1. The summed E-state index contributed by atoms with van der Waals surface area (Å²) in [5.41, 5.74) is 1.86. The van der Waals surface area contributed by atoms with E-state index in [9.17, 15) is 16.8 Å². The summed E-state index contributed by atoms with van der Waals surface area (Å²) in [4.78, 5) is -1.46. The van der Waals surface area contributed by atoms with Gasteiger partial charge in [0, 0.05) is 5.33 Å². The summed E-state index contributed by atoms with van der Waals surface area (Å²) < 4.78 is 55.9. The summed E-state index contributed by atoms with van der Waals surface area (Å²) in [5.74, 6) is -0.203. The summed E-state index contributed by atoms with van der Waals surface area (Å²) in [7, 11) is -8.05. The number of halogens is 1. The van der Waals surface area contributed by atoms with Crippen molar-refractivity contribution in [1.82, 2.24) is 4.31 Å². The van der Waals surface area contributed by atoms with Crippen LogP contribution in [-0.2, 0) is 19.9 Å². The van der Waals surface area contributed by atoms with Gasteiger partial charge in [-0.25, -0.2) is 16.8 Å². The van der Waals surface area contributed by atoms with Gasteiger partial charge in [-0.3, -0.25) is 0 Å². The summed E-state index contributed by atoms with van der Waals surface area (Å²) >= 11 is 3.29. The molecule has 3 atom stereocenters. The van der Waals surface area contributed by atoms with Gasteiger partial charge in [0.25, 0.3) is 0 Å². The maximum absolute atomic E-state index is 13.8. The molecule has 0 saturated carbocycles. The Balaban J connectivity index is 2.22. The van der Waals surface area contributed by atoms with Crippen molar-refractivity contribution in [1.29, 1.82) is 0 Å². The Morgan fingerprint density at radius 3 is 1.83 bits per heavy atom. The van der Waals surface area contributed by atoms with Crippen LogP contribution < -0.4 is 0 Å². The normalized spacial score (nSPS) is 24.5. The highest BCUT2D eigenvalue weighted by atomic mass is 79.9. The van der Waals surface area contributed by atoms with Crippen molar-refractivity contribution in [3.63, 3.8) is 0 Å². The Labute approximate surface area is 187 Å². The molecule has 3 rings (SSSR count). The van der Waals surface area contributed by atoms with Gasteiger partial charge in [0.1, 0.15) is 0 Å². The monoisotopic (exact) mass is 511 g/mol. The van der Waals surface area contributed by atoms with Crippen LogP contribution in [-0.4, -0.2) is 37.4 Å². The lowest BCUT2D eigenvalue weighted by atomic mass is 10.1. The number of hydrogen-bond acceptors (Lipinski definition) is 4. The van der Waals surface area contributed by atoms with Crippen molar-refractivity contribution in [3.05, 3.63) is 71.8 Å². The highest BCUT2D eigenvalue weighted by molar-refractivity contribution is 9.09. The van der Waals surface area contributed by atoms with E-state index in [1.165, 1.54) is 18.2 Å². The number of sulfonamides is 1. The molecule has 30 heavy (non-hydrogen) atoms. The van der Waals surface area contributed by atoms with E-state index in [0.717, 1.165) is 15.4 Å². The molecule has 0 spiro atoms. The molecule has 0 amide bonds. The van der Waals surface area contributed by atoms with E-state index < -0.39 is 30.8 Å². The second-order valence-electron chi connectivity index (χ2n) is 7.93. The molecule has 0 aromatic heterocycles. The molecular weight excluding hydrogens is 486 g/mol. The molecule has 1 unspecified atom stereocenters. The number of sulfone groups is 1. The van der Waals surface area contributed by atoms with Crippen LogP contribution in [0.1, 0.15) is 25.0 Å². The number of alkyl halides is 1. The molecule has 2 aromatic rings. The standard InChI is InChI=1S/C22H26BrNO4S2/c1-16(2)21-22(14-5-15-23,29(25,26)19-10-6-17(3)7-11-19)24(21)30(27,28)20-12-8-18(4)9-13-20/h5-14,16,21H,15H2,1-4H3/b14-5+/t21-,22+,24?/m0/s1. The summed E-state index contributed by atoms with van der Waals surface area (Å²) in [5, 5.41) is 0.418. The van der Waals surface area contributed by atoms with Crippen molar-refractivity contribution in [3.8, 4) is 0 Å². The van der Waals surface area contributed by atoms with Crippen molar-refractivity contribution < 1.29 is 16.8 Å². The third kappa shape index (κ3) is 3.68. The topological polar surface area (TPSA) is 71.3 Å². The lowest BCUT2D eigenvalue weighted by Crippen LogP contribution is -2.31. The molecule has 5 nitrogen and oxygen atoms in total. The van der Waals surface area contributed by atoms with Crippen molar-refractivity contribution in [2.24, 2.45) is 5.92 Å². The Kier molecular flexibility index (Phi) is 6.35. The third-order valence-corrected chi connectivity index (χ3v) is 10.1. The van der Waals surface area contributed by atoms with Crippen LogP contribution in [0, 0.1) is 19.8 Å². The molecule has 1 aliphatic heterocycles. The van der Waals surface area contributed by atoms with Gasteiger partial charge in [0.15, 0.2) is 4.87 Å². The van der Waals surface area contributed by atoms with E-state index in [1.807, 2.05) is 27.7 Å². The van der Waals surface area contributed by atoms with Crippen LogP contribution in [0.4, 0.5) is 0 Å². The average Bonchev–Trinajstić information content (AvgIpc) is 3.39. The maximum Gasteiger partial charge on any atom is 0.245 e. The molecule has 2 aromatic carbocycles. The Hall–Kier alpha value is -1.48. The lowest BCUT2D eigenvalue weighted by molar-refractivity contribution is 0.515. The molecule has 1 aliphatic rings. The maximum atomic E-state index is 13.8. The van der Waals surface area contributed by atoms with Gasteiger partial charge < -0.3 is 0 Å². The highest BCUT2D eigenvalue weighted by Crippen LogP contribution is 2.56. The van der Waals surface area contributed by atoms with Crippen LogP contribution in [0.2, 0.25) is 0 Å². The van der Waals surface area contributed by atoms with Crippen molar-refractivity contribution >= 4 is 35.8 Å². The fourth-order valence-corrected chi connectivity index (χ4v) is 8.74. The van der Waals surface area contributed by atoms with E-state index in [1.54, 1.807) is 42.5 Å². The Morgan fingerprint density at radius 1 is 0.933 bits per heavy atom. The van der Waals surface area contributed by atoms with E-state index in [-0.39, 0.29) is 15.7 Å². The van der Waals surface area contributed by atoms with Crippen molar-refractivity contribution in [2.45, 2.75) is 48.4 Å². The number of hydrogen-bond donors (Lipinski definition) is 0. The molecular formula is C22H26BrNO4S2. The predicted octanol–water partition coefficient (Wildman–Crippen LogP) is 4.45. The minimum atomic E-state index is -4.03. The minimum absolute atomic E-state index is 0.0898. The molecule has 8 heteroatoms. The smallest absolute Gasteiger partial charge is 0.221 e. The number of benzene rings is 2. The number of aryl methyl sites for hydroxylation is 2. The van der Waals surface area contributed by atoms with Crippen LogP contribution >= 0.6 is 15.9 Å². The zero-order chi connectivity index (χ0) is 22.3. The van der Waals surface area contributed by atoms with Gasteiger partial charge in [-0.1, -0.05) is 71.2 Å². The zero-order valence-electron chi connectivity index (χ0n) is 17.4. The second kappa shape index (κ2) is 8.22. The molecule has 0 aliphatic carbocycles. The fourth-order valence-electron chi connectivity index (χ4n) is 3.85. The number of rotatable bonds is 7. The van der Waals surface area contributed by atoms with Gasteiger partial charge in [0.2, 0.25) is 19.9 Å². The number of allylic oxidation sites excluding steroid dienone is 1. The lowest BCUT2D eigenvalue weighted by Gasteiger charge is -2.16. The Morgan fingerprint density at radius 2 is 1.40 bits per heavy atom. The third-order valence-electron chi connectivity index (χ3n) is 5.37. The first-order valence-corrected chi connectivity index (χ1v) is 13.7. The first kappa shape index (κ1) is 23.2. The highest BCUT2D eigenvalue weighted by Gasteiger charge is 2.75. The molecule has 0 N–H and O–H groups in total. The largest absolute Gasteiger partial charge is 0.245 e. The average molecular weight is 512 g/mol. The predicted molar refractivity (Wildman–Crippen MR) is 123 cm³/mol. The molecule has 1 fully saturated rings. The van der Waals surface area contributed by atoms with Crippen molar-refractivity contribution in [2.75, 3.05) is 5.33 Å². The summed E-state index contributed by atoms with van der Waals surface area (Å²) in [6.45, 7) is 7.43. The van der Waals surface area contributed by atoms with Gasteiger partial charge in [-0.2, -0.15) is 4.31 Å². The quantitative estimate of drug-likeness (QED) is 0.312. The fraction of sp³-hybridized carbons (Fsp3) is 0.364. The minimum Gasteiger partial charge on any atom is -0.221 e. The van der Waals surface area contributed by atoms with E-state index >= 15 is 0 Å². The van der Waals surface area contributed by atoms with Gasteiger partial charge in [0.05, 0.1) is 15.8 Å². The first-order valence-electron chi connectivity index (χ1n) is 9.66. The summed E-state index contributed by atoms with van der Waals surface area (Å²) in [6, 6.07) is 12.3. The van der Waals surface area contributed by atoms with Gasteiger partial charge >= 0.3 is 0 Å². The molecule has 162 valence electrons. The van der Waals surface area contributed by atoms with E-state index in [2.05, 4.69) is 15.9 Å². The molecule has 0 radical (unpaired) electrons. The molecule has 0 bridgehead atoms.